The van der Waals surface area contributed by atoms with Crippen LogP contribution in [-0.4, -0.2) is 16.0 Å². The average Bonchev–Trinajstić information content (AvgIpc) is 2.74. The maximum absolute atomic E-state index is 12.3. The van der Waals surface area contributed by atoms with E-state index in [1.54, 1.807) is 6.07 Å². The van der Waals surface area contributed by atoms with Gasteiger partial charge in [-0.2, -0.15) is 0 Å². The first-order chi connectivity index (χ1) is 11.9. The molecule has 0 bridgehead atoms. The number of rotatable bonds is 3. The molecular weight excluding hydrogens is 332 g/mol. The molecule has 134 valence electrons. The van der Waals surface area contributed by atoms with E-state index < -0.39 is 0 Å². The molecule has 0 radical (unpaired) electrons. The Hall–Kier alpha value is -1.94. The van der Waals surface area contributed by atoms with E-state index in [2.05, 4.69) is 0 Å². The molecule has 2 aromatic carbocycles. The highest BCUT2D eigenvalue weighted by Gasteiger charge is 2.19. The number of Topliss-reactive ketones (excluding diaryl/α,β-unsaturated/α-hetero) is 1. The van der Waals surface area contributed by atoms with Crippen molar-refractivity contribution < 1.29 is 15.0 Å². The van der Waals surface area contributed by atoms with Crippen LogP contribution in [0.15, 0.2) is 40.1 Å². The van der Waals surface area contributed by atoms with E-state index in [1.807, 2.05) is 45.9 Å². The summed E-state index contributed by atoms with van der Waals surface area (Å²) in [6, 6.07) is 8.91. The van der Waals surface area contributed by atoms with Crippen molar-refractivity contribution in [1.29, 1.82) is 0 Å². The zero-order valence-corrected chi connectivity index (χ0v) is 16.1. The van der Waals surface area contributed by atoms with Crippen LogP contribution >= 0.6 is 11.8 Å². The Bertz CT molecular complexity index is 766. The third-order valence-corrected chi connectivity index (χ3v) is 5.21. The lowest BCUT2D eigenvalue weighted by Crippen LogP contribution is -2.04. The zero-order valence-electron chi connectivity index (χ0n) is 15.3. The van der Waals surface area contributed by atoms with Gasteiger partial charge in [0.15, 0.2) is 5.78 Å². The van der Waals surface area contributed by atoms with Crippen LogP contribution in [0.2, 0.25) is 0 Å². The number of hydrogen-bond acceptors (Lipinski definition) is 4. The summed E-state index contributed by atoms with van der Waals surface area (Å²) in [6.45, 7) is 8.09. The molecule has 4 heteroatoms. The van der Waals surface area contributed by atoms with Crippen molar-refractivity contribution in [3.63, 3.8) is 0 Å². The number of fused-ring (bicyclic) bond motifs is 2. The highest BCUT2D eigenvalue weighted by molar-refractivity contribution is 7.99. The van der Waals surface area contributed by atoms with Crippen LogP contribution in [0, 0.1) is 5.92 Å². The molecule has 3 nitrogen and oxygen atoms in total. The summed E-state index contributed by atoms with van der Waals surface area (Å²) in [7, 11) is 0. The molecule has 0 amide bonds. The van der Waals surface area contributed by atoms with Crippen LogP contribution in [0.3, 0.4) is 0 Å². The Labute approximate surface area is 154 Å². The smallest absolute Gasteiger partial charge is 0.163 e. The third kappa shape index (κ3) is 4.57. The number of phenols is 2. The lowest BCUT2D eigenvalue weighted by atomic mass is 9.97. The number of carbonyl (C=O) groups is 1. The van der Waals surface area contributed by atoms with Crippen LogP contribution in [-0.2, 0) is 12.8 Å². The van der Waals surface area contributed by atoms with Crippen LogP contribution in [0.25, 0.3) is 0 Å². The third-order valence-electron chi connectivity index (χ3n) is 4.01. The largest absolute Gasteiger partial charge is 0.508 e. The number of aromatic hydroxyl groups is 2. The van der Waals surface area contributed by atoms with Gasteiger partial charge in [-0.3, -0.25) is 4.79 Å². The summed E-state index contributed by atoms with van der Waals surface area (Å²) >= 11 is 1.53. The van der Waals surface area contributed by atoms with Crippen molar-refractivity contribution >= 4 is 17.5 Å². The van der Waals surface area contributed by atoms with Crippen LogP contribution in [0.4, 0.5) is 0 Å². The molecule has 0 saturated carbocycles. The molecule has 1 heterocycles. The standard InChI is InChI=1S/C19H20O3S.C2H6/c1-11(2)7-16(21)12-4-6-18-13(8-12)3-5-15-17(22)9-14(20)10-19(15)23-18;1-2/h4,6,8-11,20,22H,3,5,7H2,1-2H3;1-2H3. The maximum atomic E-state index is 12.3. The second-order valence-corrected chi connectivity index (χ2v) is 7.47. The summed E-state index contributed by atoms with van der Waals surface area (Å²) in [5.41, 5.74) is 2.75. The predicted octanol–water partition coefficient (Wildman–Crippen LogP) is 5.60. The van der Waals surface area contributed by atoms with E-state index in [9.17, 15) is 15.0 Å². The van der Waals surface area contributed by atoms with Crippen molar-refractivity contribution in [3.8, 4) is 11.5 Å². The average molecular weight is 359 g/mol. The Kier molecular flexibility index (Phi) is 6.54. The Morgan fingerprint density at radius 3 is 2.48 bits per heavy atom. The fourth-order valence-electron chi connectivity index (χ4n) is 2.87. The van der Waals surface area contributed by atoms with Crippen LogP contribution in [0.1, 0.15) is 55.6 Å². The molecule has 0 aliphatic carbocycles. The van der Waals surface area contributed by atoms with E-state index >= 15 is 0 Å². The zero-order chi connectivity index (χ0) is 18.6. The van der Waals surface area contributed by atoms with Gasteiger partial charge >= 0.3 is 0 Å². The molecule has 2 N–H and O–H groups in total. The van der Waals surface area contributed by atoms with Gasteiger partial charge in [0.25, 0.3) is 0 Å². The molecule has 0 saturated heterocycles. The quantitative estimate of drug-likeness (QED) is 0.701. The number of aryl methyl sites for hydroxylation is 1. The molecule has 0 fully saturated rings. The van der Waals surface area contributed by atoms with Gasteiger partial charge in [0.05, 0.1) is 0 Å². The maximum Gasteiger partial charge on any atom is 0.163 e. The summed E-state index contributed by atoms with van der Waals surface area (Å²) in [4.78, 5) is 14.2. The minimum absolute atomic E-state index is 0.0703. The van der Waals surface area contributed by atoms with E-state index in [4.69, 9.17) is 0 Å². The first kappa shape index (κ1) is 19.4. The highest BCUT2D eigenvalue weighted by atomic mass is 32.2. The second-order valence-electron chi connectivity index (χ2n) is 6.39. The first-order valence-corrected chi connectivity index (χ1v) is 9.64. The van der Waals surface area contributed by atoms with Crippen molar-refractivity contribution in [2.75, 3.05) is 0 Å². The monoisotopic (exact) mass is 358 g/mol. The van der Waals surface area contributed by atoms with Gasteiger partial charge in [-0.25, -0.2) is 0 Å². The van der Waals surface area contributed by atoms with Gasteiger partial charge in [0.2, 0.25) is 0 Å². The lowest BCUT2D eigenvalue weighted by molar-refractivity contribution is 0.0967. The van der Waals surface area contributed by atoms with Crippen molar-refractivity contribution in [2.45, 2.75) is 56.7 Å². The summed E-state index contributed by atoms with van der Waals surface area (Å²) in [5, 5.41) is 19.7. The lowest BCUT2D eigenvalue weighted by Gasteiger charge is -2.09. The highest BCUT2D eigenvalue weighted by Crippen LogP contribution is 2.42. The molecule has 25 heavy (non-hydrogen) atoms. The molecule has 1 aliphatic rings. The number of phenolic OH excluding ortho intramolecular Hbond substituents is 2. The second kappa shape index (κ2) is 8.43. The molecule has 3 rings (SSSR count). The Morgan fingerprint density at radius 2 is 1.80 bits per heavy atom. The van der Waals surface area contributed by atoms with Crippen LogP contribution < -0.4 is 0 Å². The van der Waals surface area contributed by atoms with Gasteiger partial charge in [0.1, 0.15) is 11.5 Å². The molecule has 0 aromatic heterocycles. The van der Waals surface area contributed by atoms with E-state index in [-0.39, 0.29) is 17.3 Å². The van der Waals surface area contributed by atoms with Gasteiger partial charge in [-0.1, -0.05) is 45.5 Å². The van der Waals surface area contributed by atoms with E-state index in [0.29, 0.717) is 18.8 Å². The number of benzene rings is 2. The molecule has 1 aliphatic heterocycles. The first-order valence-electron chi connectivity index (χ1n) is 8.83. The Balaban J connectivity index is 0.00000109. The van der Waals surface area contributed by atoms with E-state index in [0.717, 1.165) is 32.9 Å². The number of hydrogen-bond donors (Lipinski definition) is 2. The van der Waals surface area contributed by atoms with Crippen molar-refractivity contribution in [1.82, 2.24) is 0 Å². The fraction of sp³-hybridized carbons (Fsp3) is 0.381. The normalized spacial score (nSPS) is 12.5. The van der Waals surface area contributed by atoms with Crippen molar-refractivity contribution in [2.24, 2.45) is 5.92 Å². The van der Waals surface area contributed by atoms with Crippen LogP contribution in [0.5, 0.6) is 11.5 Å². The van der Waals surface area contributed by atoms with E-state index in [1.165, 1.54) is 17.8 Å². The number of ketones is 1. The molecule has 0 spiro atoms. The summed E-state index contributed by atoms with van der Waals surface area (Å²) in [5.74, 6) is 0.729. The Morgan fingerprint density at radius 1 is 1.08 bits per heavy atom. The molecular formula is C21H26O3S. The number of carbonyl (C=O) groups excluding carboxylic acids is 1. The topological polar surface area (TPSA) is 57.5 Å². The molecule has 2 aromatic rings. The SMILES string of the molecule is CC.CC(C)CC(=O)c1ccc2c(c1)CCc1c(O)cc(O)cc1S2. The molecule has 0 unspecified atom stereocenters. The predicted molar refractivity (Wildman–Crippen MR) is 103 cm³/mol. The van der Waals surface area contributed by atoms with Gasteiger partial charge in [-0.15, -0.1) is 0 Å². The molecule has 0 atom stereocenters. The van der Waals surface area contributed by atoms with Gasteiger partial charge in [0, 0.05) is 33.4 Å². The minimum atomic E-state index is 0.0703. The van der Waals surface area contributed by atoms with Crippen molar-refractivity contribution in [3.05, 3.63) is 47.0 Å². The summed E-state index contributed by atoms with van der Waals surface area (Å²) in [6.07, 6.45) is 2.03. The summed E-state index contributed by atoms with van der Waals surface area (Å²) < 4.78 is 0. The fourth-order valence-corrected chi connectivity index (χ4v) is 4.05. The minimum Gasteiger partial charge on any atom is -0.508 e. The van der Waals surface area contributed by atoms with Gasteiger partial charge in [-0.05, 0) is 42.5 Å². The van der Waals surface area contributed by atoms with Gasteiger partial charge < -0.3 is 10.2 Å².